The number of ether oxygens (including phenoxy) is 1. The number of amides is 1. The summed E-state index contributed by atoms with van der Waals surface area (Å²) in [7, 11) is 1.64. The molecule has 0 radical (unpaired) electrons. The highest BCUT2D eigenvalue weighted by molar-refractivity contribution is 9.10. The number of aromatic nitrogens is 2. The number of nitrogens with one attached hydrogen (secondary N) is 1. The van der Waals surface area contributed by atoms with Gasteiger partial charge in [0.25, 0.3) is 5.91 Å². The van der Waals surface area contributed by atoms with Crippen LogP contribution in [0.1, 0.15) is 19.0 Å². The van der Waals surface area contributed by atoms with E-state index in [2.05, 4.69) is 26.3 Å². The number of carbonyl (C=O) groups excluding carboxylic acids is 1. The first kappa shape index (κ1) is 16.1. The monoisotopic (exact) mass is 372 g/mol. The minimum absolute atomic E-state index is 0.119. The van der Waals surface area contributed by atoms with Crippen LogP contribution < -0.4 is 5.32 Å². The molecular formula is C13H17BrN4O2S. The molecule has 0 unspecified atom stereocenters. The molecule has 6 nitrogen and oxygen atoms in total. The average Bonchev–Trinajstić information content (AvgIpc) is 2.94. The molecular weight excluding hydrogens is 356 g/mol. The quantitative estimate of drug-likeness (QED) is 0.468. The van der Waals surface area contributed by atoms with Crippen molar-refractivity contribution in [3.05, 3.63) is 22.1 Å². The van der Waals surface area contributed by atoms with Gasteiger partial charge >= 0.3 is 0 Å². The van der Waals surface area contributed by atoms with Crippen molar-refractivity contribution in [3.63, 3.8) is 0 Å². The largest absolute Gasteiger partial charge is 0.385 e. The maximum atomic E-state index is 12.4. The third-order valence-electron chi connectivity index (χ3n) is 3.11. The number of methoxy groups -OCH3 is 1. The first-order valence-corrected chi connectivity index (χ1v) is 7.83. The van der Waals surface area contributed by atoms with Crippen molar-refractivity contribution in [2.45, 2.75) is 19.9 Å². The number of rotatable bonds is 6. The van der Waals surface area contributed by atoms with E-state index in [1.54, 1.807) is 24.3 Å². The number of halogens is 1. The number of hydrogen-bond acceptors (Lipinski definition) is 4. The third-order valence-corrected chi connectivity index (χ3v) is 4.04. The van der Waals surface area contributed by atoms with Crippen LogP contribution >= 0.6 is 28.1 Å². The average molecular weight is 373 g/mol. The Bertz CT molecular complexity index is 585. The SMILES string of the molecule is CCn1ncc(Br)c1/C=C1/NC(=S)N(CCCOC)C1=O. The van der Waals surface area contributed by atoms with Crippen LogP contribution in [0.3, 0.4) is 0 Å². The molecule has 114 valence electrons. The Kier molecular flexibility index (Phi) is 5.49. The highest BCUT2D eigenvalue weighted by Gasteiger charge is 2.30. The summed E-state index contributed by atoms with van der Waals surface area (Å²) in [5, 5.41) is 7.62. The third kappa shape index (κ3) is 3.50. The first-order chi connectivity index (χ1) is 10.1. The van der Waals surface area contributed by atoms with Gasteiger partial charge in [0, 0.05) is 26.8 Å². The van der Waals surface area contributed by atoms with Crippen molar-refractivity contribution in [2.75, 3.05) is 20.3 Å². The van der Waals surface area contributed by atoms with Crippen molar-refractivity contribution in [1.82, 2.24) is 20.0 Å². The Balaban J connectivity index is 2.18. The van der Waals surface area contributed by atoms with Gasteiger partial charge in [0.2, 0.25) is 0 Å². The van der Waals surface area contributed by atoms with Crippen molar-refractivity contribution in [1.29, 1.82) is 0 Å². The van der Waals surface area contributed by atoms with Crippen molar-refractivity contribution < 1.29 is 9.53 Å². The summed E-state index contributed by atoms with van der Waals surface area (Å²) in [6.45, 7) is 3.86. The summed E-state index contributed by atoms with van der Waals surface area (Å²) < 4.78 is 7.65. The lowest BCUT2D eigenvalue weighted by Gasteiger charge is -2.12. The molecule has 1 aliphatic heterocycles. The molecule has 2 rings (SSSR count). The van der Waals surface area contributed by atoms with Gasteiger partial charge < -0.3 is 10.1 Å². The van der Waals surface area contributed by atoms with Gasteiger partial charge in [-0.3, -0.25) is 14.4 Å². The molecule has 1 aliphatic rings. The fourth-order valence-corrected chi connectivity index (χ4v) is 2.74. The van der Waals surface area contributed by atoms with E-state index in [1.807, 2.05) is 11.6 Å². The lowest BCUT2D eigenvalue weighted by molar-refractivity contribution is -0.122. The van der Waals surface area contributed by atoms with Crippen LogP contribution in [-0.2, 0) is 16.1 Å². The molecule has 8 heteroatoms. The van der Waals surface area contributed by atoms with Gasteiger partial charge in [-0.2, -0.15) is 5.10 Å². The molecule has 0 saturated carbocycles. The van der Waals surface area contributed by atoms with Gasteiger partial charge in [0.1, 0.15) is 5.70 Å². The van der Waals surface area contributed by atoms with E-state index in [9.17, 15) is 4.79 Å². The molecule has 0 atom stereocenters. The molecule has 2 heterocycles. The molecule has 1 saturated heterocycles. The first-order valence-electron chi connectivity index (χ1n) is 6.63. The Morgan fingerprint density at radius 3 is 3.00 bits per heavy atom. The topological polar surface area (TPSA) is 59.4 Å². The summed E-state index contributed by atoms with van der Waals surface area (Å²) >= 11 is 8.65. The van der Waals surface area contributed by atoms with Crippen LogP contribution in [0.5, 0.6) is 0 Å². The Hall–Kier alpha value is -1.25. The zero-order valence-corrected chi connectivity index (χ0v) is 14.3. The normalized spacial score (nSPS) is 16.9. The maximum Gasteiger partial charge on any atom is 0.276 e. The van der Waals surface area contributed by atoms with Crippen molar-refractivity contribution in [3.8, 4) is 0 Å². The number of hydrogen-bond donors (Lipinski definition) is 1. The number of thiocarbonyl (C=S) groups is 1. The van der Waals surface area contributed by atoms with Gasteiger partial charge in [-0.25, -0.2) is 0 Å². The van der Waals surface area contributed by atoms with E-state index < -0.39 is 0 Å². The fourth-order valence-electron chi connectivity index (χ4n) is 2.05. The highest BCUT2D eigenvalue weighted by Crippen LogP contribution is 2.21. The Labute approximate surface area is 137 Å². The predicted octanol–water partition coefficient (Wildman–Crippen LogP) is 1.76. The second-order valence-corrected chi connectivity index (χ2v) is 5.73. The Morgan fingerprint density at radius 2 is 2.33 bits per heavy atom. The van der Waals surface area contributed by atoms with Gasteiger partial charge in [0.05, 0.1) is 16.4 Å². The van der Waals surface area contributed by atoms with Gasteiger partial charge in [0.15, 0.2) is 5.11 Å². The molecule has 1 fully saturated rings. The second kappa shape index (κ2) is 7.15. The summed E-state index contributed by atoms with van der Waals surface area (Å²) in [4.78, 5) is 13.9. The number of aryl methyl sites for hydroxylation is 1. The van der Waals surface area contributed by atoms with Crippen LogP contribution in [-0.4, -0.2) is 46.0 Å². The standard InChI is InChI=1S/C13H17BrN4O2S/c1-3-18-11(9(14)8-15-18)7-10-12(19)17(13(21)16-10)5-4-6-20-2/h7-8H,3-6H2,1-2H3,(H,16,21)/b10-7+. The molecule has 1 amide bonds. The van der Waals surface area contributed by atoms with Gasteiger partial charge in [-0.15, -0.1) is 0 Å². The molecule has 1 aromatic rings. The molecule has 1 N–H and O–H groups in total. The number of carbonyl (C=O) groups is 1. The van der Waals surface area contributed by atoms with Crippen LogP contribution in [0.4, 0.5) is 0 Å². The van der Waals surface area contributed by atoms with Crippen molar-refractivity contribution in [2.24, 2.45) is 0 Å². The maximum absolute atomic E-state index is 12.4. The molecule has 1 aromatic heterocycles. The fraction of sp³-hybridized carbons (Fsp3) is 0.462. The van der Waals surface area contributed by atoms with E-state index in [0.29, 0.717) is 24.0 Å². The van der Waals surface area contributed by atoms with E-state index in [0.717, 1.165) is 23.1 Å². The molecule has 21 heavy (non-hydrogen) atoms. The minimum Gasteiger partial charge on any atom is -0.385 e. The molecule has 0 spiro atoms. The summed E-state index contributed by atoms with van der Waals surface area (Å²) in [5.41, 5.74) is 1.31. The van der Waals surface area contributed by atoms with E-state index in [4.69, 9.17) is 17.0 Å². The van der Waals surface area contributed by atoms with E-state index in [-0.39, 0.29) is 5.91 Å². The zero-order valence-electron chi connectivity index (χ0n) is 11.9. The second-order valence-electron chi connectivity index (χ2n) is 4.48. The van der Waals surface area contributed by atoms with Gasteiger partial charge in [-0.1, -0.05) is 0 Å². The smallest absolute Gasteiger partial charge is 0.276 e. The van der Waals surface area contributed by atoms with E-state index >= 15 is 0 Å². The van der Waals surface area contributed by atoms with Crippen LogP contribution in [0.25, 0.3) is 6.08 Å². The lowest BCUT2D eigenvalue weighted by Crippen LogP contribution is -2.32. The van der Waals surface area contributed by atoms with Gasteiger partial charge in [-0.05, 0) is 47.6 Å². The van der Waals surface area contributed by atoms with Crippen molar-refractivity contribution >= 4 is 45.2 Å². The molecule has 0 aromatic carbocycles. The number of nitrogens with zero attached hydrogens (tertiary/aromatic N) is 3. The zero-order chi connectivity index (χ0) is 15.4. The van der Waals surface area contributed by atoms with Crippen LogP contribution in [0.15, 0.2) is 16.4 Å². The highest BCUT2D eigenvalue weighted by atomic mass is 79.9. The summed E-state index contributed by atoms with van der Waals surface area (Å²) in [6.07, 6.45) is 4.23. The molecule has 0 aliphatic carbocycles. The van der Waals surface area contributed by atoms with Crippen LogP contribution in [0.2, 0.25) is 0 Å². The Morgan fingerprint density at radius 1 is 1.57 bits per heavy atom. The summed E-state index contributed by atoms with van der Waals surface area (Å²) in [5.74, 6) is -0.119. The minimum atomic E-state index is -0.119. The predicted molar refractivity (Wildman–Crippen MR) is 87.5 cm³/mol. The summed E-state index contributed by atoms with van der Waals surface area (Å²) in [6, 6.07) is 0. The van der Waals surface area contributed by atoms with E-state index in [1.165, 1.54) is 0 Å². The lowest BCUT2D eigenvalue weighted by atomic mass is 10.3. The van der Waals surface area contributed by atoms with Crippen LogP contribution in [0, 0.1) is 0 Å². The molecule has 0 bridgehead atoms.